The van der Waals surface area contributed by atoms with Crippen molar-refractivity contribution in [1.82, 2.24) is 4.57 Å². The van der Waals surface area contributed by atoms with E-state index >= 15 is 0 Å². The molecule has 0 atom stereocenters. The van der Waals surface area contributed by atoms with Gasteiger partial charge in [0.1, 0.15) is 0 Å². The van der Waals surface area contributed by atoms with Crippen molar-refractivity contribution >= 4 is 30.8 Å². The van der Waals surface area contributed by atoms with E-state index in [0.717, 1.165) is 6.54 Å². The Balaban J connectivity index is 2.18. The molecule has 3 aromatic rings. The minimum atomic E-state index is -1.75. The summed E-state index contributed by atoms with van der Waals surface area (Å²) < 4.78 is 8.87. The van der Waals surface area contributed by atoms with Crippen LogP contribution in [0, 0.1) is 0 Å². The Kier molecular flexibility index (Phi) is 3.79. The molecule has 4 heteroatoms. The van der Waals surface area contributed by atoms with E-state index in [0.29, 0.717) is 0 Å². The number of benzene rings is 2. The SMILES string of the molecule is CCn1c2ccccc2c2c[c]([Hg][O]C(C)=O)ccc21. The van der Waals surface area contributed by atoms with Crippen LogP contribution in [-0.2, 0) is 39.0 Å². The number of hydrogen-bond donors (Lipinski definition) is 0. The third-order valence-electron chi connectivity index (χ3n) is 3.60. The number of carbonyl (C=O) groups excluding carboxylic acids is 1. The van der Waals surface area contributed by atoms with E-state index in [1.165, 1.54) is 31.8 Å². The van der Waals surface area contributed by atoms with Gasteiger partial charge in [-0.2, -0.15) is 0 Å². The summed E-state index contributed by atoms with van der Waals surface area (Å²) in [5.74, 6) is -0.150. The molecule has 1 heterocycles. The van der Waals surface area contributed by atoms with Gasteiger partial charge in [0.15, 0.2) is 0 Å². The molecule has 0 aliphatic rings. The van der Waals surface area contributed by atoms with Crippen molar-refractivity contribution in [3.63, 3.8) is 0 Å². The molecule has 3 rings (SSSR count). The van der Waals surface area contributed by atoms with Crippen LogP contribution in [0.3, 0.4) is 0 Å². The van der Waals surface area contributed by atoms with Crippen LogP contribution >= 0.6 is 0 Å². The van der Waals surface area contributed by atoms with Gasteiger partial charge in [-0.25, -0.2) is 0 Å². The quantitative estimate of drug-likeness (QED) is 0.571. The van der Waals surface area contributed by atoms with Crippen LogP contribution in [0.25, 0.3) is 21.8 Å². The summed E-state index contributed by atoms with van der Waals surface area (Å²) in [6.45, 7) is 4.61. The average Bonchev–Trinajstić information content (AvgIpc) is 2.78. The van der Waals surface area contributed by atoms with Crippen LogP contribution in [0.5, 0.6) is 0 Å². The summed E-state index contributed by atoms with van der Waals surface area (Å²) >= 11 is -1.75. The predicted octanol–water partition coefficient (Wildman–Crippen LogP) is 3.00. The van der Waals surface area contributed by atoms with Crippen LogP contribution in [-0.4, -0.2) is 10.5 Å². The van der Waals surface area contributed by atoms with Crippen LogP contribution in [0.1, 0.15) is 13.8 Å². The maximum atomic E-state index is 11.0. The molecule has 20 heavy (non-hydrogen) atoms. The second kappa shape index (κ2) is 5.56. The number of rotatable bonds is 3. The summed E-state index contributed by atoms with van der Waals surface area (Å²) in [5, 5.41) is 2.55. The van der Waals surface area contributed by atoms with E-state index in [4.69, 9.17) is 2.64 Å². The Labute approximate surface area is 130 Å². The molecule has 0 unspecified atom stereocenters. The molecule has 0 radical (unpaired) electrons. The minimum absolute atomic E-state index is 0.150. The van der Waals surface area contributed by atoms with E-state index in [1.807, 2.05) is 0 Å². The van der Waals surface area contributed by atoms with Gasteiger partial charge in [0.05, 0.1) is 0 Å². The molecule has 0 saturated carbocycles. The first-order chi connectivity index (χ1) is 9.70. The number of carbonyl (C=O) groups is 1. The van der Waals surface area contributed by atoms with Crippen molar-refractivity contribution in [2.24, 2.45) is 0 Å². The summed E-state index contributed by atoms with van der Waals surface area (Å²) in [7, 11) is 0. The van der Waals surface area contributed by atoms with Crippen LogP contribution < -0.4 is 3.07 Å². The molecule has 0 N–H and O–H groups in total. The Morgan fingerprint density at radius 2 is 1.90 bits per heavy atom. The van der Waals surface area contributed by atoms with Gasteiger partial charge in [0, 0.05) is 0 Å². The predicted molar refractivity (Wildman–Crippen MR) is 76.5 cm³/mol. The normalized spacial score (nSPS) is 10.7. The van der Waals surface area contributed by atoms with Gasteiger partial charge in [-0.15, -0.1) is 0 Å². The number of aromatic nitrogens is 1. The Morgan fingerprint density at radius 3 is 2.65 bits per heavy atom. The second-order valence-corrected chi connectivity index (χ2v) is 10.3. The molecule has 0 saturated heterocycles. The van der Waals surface area contributed by atoms with Crippen molar-refractivity contribution in [2.75, 3.05) is 0 Å². The third kappa shape index (κ3) is 2.35. The monoisotopic (exact) mass is 455 g/mol. The van der Waals surface area contributed by atoms with Gasteiger partial charge in [-0.3, -0.25) is 0 Å². The molecule has 3 nitrogen and oxygen atoms in total. The topological polar surface area (TPSA) is 31.2 Å². The molecule has 98 valence electrons. The molecular formula is C16H15HgNO2. The molecule has 0 aliphatic heterocycles. The molecule has 2 aromatic carbocycles. The van der Waals surface area contributed by atoms with Gasteiger partial charge in [-0.1, -0.05) is 0 Å². The van der Waals surface area contributed by atoms with Gasteiger partial charge in [0.2, 0.25) is 0 Å². The maximum absolute atomic E-state index is 11.0. The van der Waals surface area contributed by atoms with E-state index in [9.17, 15) is 4.79 Å². The molecule has 1 aromatic heterocycles. The van der Waals surface area contributed by atoms with Crippen LogP contribution in [0.15, 0.2) is 42.5 Å². The van der Waals surface area contributed by atoms with Crippen molar-refractivity contribution in [3.05, 3.63) is 42.5 Å². The number of aryl methyl sites for hydroxylation is 1. The fraction of sp³-hybridized carbons (Fsp3) is 0.188. The number of fused-ring (bicyclic) bond motifs is 3. The first kappa shape index (κ1) is 13.6. The molecule has 0 amide bonds. The van der Waals surface area contributed by atoms with Crippen molar-refractivity contribution < 1.29 is 32.5 Å². The number of hydrogen-bond acceptors (Lipinski definition) is 2. The zero-order valence-corrected chi connectivity index (χ0v) is 17.2. The van der Waals surface area contributed by atoms with E-state index in [1.54, 1.807) is 0 Å². The van der Waals surface area contributed by atoms with Crippen molar-refractivity contribution in [3.8, 4) is 0 Å². The number of para-hydroxylation sites is 1. The number of nitrogens with zero attached hydrogens (tertiary/aromatic N) is 1. The van der Waals surface area contributed by atoms with Crippen molar-refractivity contribution in [2.45, 2.75) is 20.4 Å². The van der Waals surface area contributed by atoms with Crippen LogP contribution in [0.2, 0.25) is 0 Å². The first-order valence-corrected chi connectivity index (χ1v) is 11.8. The van der Waals surface area contributed by atoms with Gasteiger partial charge in [-0.05, 0) is 0 Å². The summed E-state index contributed by atoms with van der Waals surface area (Å²) in [4.78, 5) is 11.0. The summed E-state index contributed by atoms with van der Waals surface area (Å²) in [6, 6.07) is 15.0. The second-order valence-electron chi connectivity index (χ2n) is 4.89. The van der Waals surface area contributed by atoms with Gasteiger partial charge in [0.25, 0.3) is 0 Å². The Bertz CT molecular complexity index is 792. The van der Waals surface area contributed by atoms with Gasteiger partial charge < -0.3 is 0 Å². The van der Waals surface area contributed by atoms with Gasteiger partial charge >= 0.3 is 131 Å². The molecule has 0 aliphatic carbocycles. The molecule has 0 spiro atoms. The Hall–Kier alpha value is -1.35. The van der Waals surface area contributed by atoms with E-state index in [2.05, 4.69) is 54.0 Å². The average molecular weight is 454 g/mol. The zero-order valence-electron chi connectivity index (χ0n) is 11.7. The van der Waals surface area contributed by atoms with Crippen molar-refractivity contribution in [1.29, 1.82) is 0 Å². The fourth-order valence-electron chi connectivity index (χ4n) is 2.72. The third-order valence-corrected chi connectivity index (χ3v) is 8.74. The molecular weight excluding hydrogens is 439 g/mol. The standard InChI is InChI=1S/C14H12N.C2H4O2.Hg/c1-2-15-13-9-5-3-7-11(13)12-8-4-6-10-14(12)15;1-2(3)4;/h3,5-10H,2H2,1H3;1H3,(H,3,4);/q;;+1/p-1. The fourth-order valence-corrected chi connectivity index (χ4v) is 6.10. The zero-order chi connectivity index (χ0) is 14.1. The summed E-state index contributed by atoms with van der Waals surface area (Å²) in [6.07, 6.45) is 0. The first-order valence-electron chi connectivity index (χ1n) is 6.84. The molecule has 0 bridgehead atoms. The van der Waals surface area contributed by atoms with E-state index in [-0.39, 0.29) is 5.97 Å². The molecule has 0 fully saturated rings. The summed E-state index contributed by atoms with van der Waals surface area (Å²) in [5.41, 5.74) is 2.53. The van der Waals surface area contributed by atoms with E-state index < -0.39 is 25.0 Å². The van der Waals surface area contributed by atoms with Crippen LogP contribution in [0.4, 0.5) is 0 Å². The Morgan fingerprint density at radius 1 is 1.15 bits per heavy atom.